The third kappa shape index (κ3) is 1.32. The average Bonchev–Trinajstić information content (AvgIpc) is 2.72. The molecule has 1 aliphatic carbocycles. The molecule has 0 amide bonds. The molecule has 4 heteroatoms. The van der Waals surface area contributed by atoms with Gasteiger partial charge in [-0.3, -0.25) is 4.79 Å². The molecule has 0 bridgehead atoms. The molecule has 0 radical (unpaired) electrons. The van der Waals surface area contributed by atoms with Gasteiger partial charge >= 0.3 is 0 Å². The molecule has 1 saturated carbocycles. The zero-order chi connectivity index (χ0) is 8.55. The van der Waals surface area contributed by atoms with Gasteiger partial charge in [-0.25, -0.2) is 4.98 Å². The first-order valence-electron chi connectivity index (χ1n) is 4.07. The van der Waals surface area contributed by atoms with Crippen molar-refractivity contribution in [2.24, 2.45) is 5.92 Å². The van der Waals surface area contributed by atoms with Crippen LogP contribution in [0.15, 0.2) is 17.2 Å². The Morgan fingerprint density at radius 3 is 3.08 bits per heavy atom. The van der Waals surface area contributed by atoms with Gasteiger partial charge < -0.3 is 10.3 Å². The lowest BCUT2D eigenvalue weighted by atomic mass is 10.5. The van der Waals surface area contributed by atoms with Crippen LogP contribution >= 0.6 is 0 Å². The van der Waals surface area contributed by atoms with Crippen molar-refractivity contribution in [2.45, 2.75) is 19.4 Å². The van der Waals surface area contributed by atoms with Gasteiger partial charge in [-0.15, -0.1) is 0 Å². The Labute approximate surface area is 70.0 Å². The van der Waals surface area contributed by atoms with Gasteiger partial charge in [-0.1, -0.05) is 6.92 Å². The standard InChI is InChI=1S/C8H11N3O/c1-5-4-6(5)11-7-8(12)10-3-2-9-7/h2-3,5-6H,4H2,1H3,(H,9,11)(H,10,12)/t5-,6-/m1/s1. The summed E-state index contributed by atoms with van der Waals surface area (Å²) in [6.45, 7) is 2.15. The van der Waals surface area contributed by atoms with Crippen LogP contribution < -0.4 is 10.9 Å². The Morgan fingerprint density at radius 2 is 2.50 bits per heavy atom. The van der Waals surface area contributed by atoms with Gasteiger partial charge in [0.25, 0.3) is 5.56 Å². The summed E-state index contributed by atoms with van der Waals surface area (Å²) in [6.07, 6.45) is 4.25. The maximum absolute atomic E-state index is 11.1. The van der Waals surface area contributed by atoms with E-state index < -0.39 is 0 Å². The monoisotopic (exact) mass is 165 g/mol. The van der Waals surface area contributed by atoms with E-state index in [4.69, 9.17) is 0 Å². The van der Waals surface area contributed by atoms with E-state index >= 15 is 0 Å². The van der Waals surface area contributed by atoms with Crippen LogP contribution in [0.5, 0.6) is 0 Å². The molecule has 2 atom stereocenters. The molecule has 2 N–H and O–H groups in total. The van der Waals surface area contributed by atoms with E-state index in [-0.39, 0.29) is 5.56 Å². The van der Waals surface area contributed by atoms with Crippen molar-refractivity contribution in [1.29, 1.82) is 0 Å². The minimum Gasteiger partial charge on any atom is -0.362 e. The zero-order valence-corrected chi connectivity index (χ0v) is 6.87. The molecule has 0 aliphatic heterocycles. The molecular formula is C8H11N3O. The van der Waals surface area contributed by atoms with Crippen LogP contribution in [0, 0.1) is 5.92 Å². The molecule has 4 nitrogen and oxygen atoms in total. The molecule has 0 unspecified atom stereocenters. The van der Waals surface area contributed by atoms with Crippen molar-refractivity contribution in [3.8, 4) is 0 Å². The largest absolute Gasteiger partial charge is 0.362 e. The van der Waals surface area contributed by atoms with Gasteiger partial charge in [0, 0.05) is 18.4 Å². The molecule has 0 saturated heterocycles. The predicted octanol–water partition coefficient (Wildman–Crippen LogP) is 0.590. The summed E-state index contributed by atoms with van der Waals surface area (Å²) in [5.74, 6) is 1.11. The third-order valence-corrected chi connectivity index (χ3v) is 2.14. The second kappa shape index (κ2) is 2.62. The quantitative estimate of drug-likeness (QED) is 0.674. The highest BCUT2D eigenvalue weighted by Crippen LogP contribution is 2.31. The minimum atomic E-state index is -0.142. The second-order valence-electron chi connectivity index (χ2n) is 3.23. The first-order valence-corrected chi connectivity index (χ1v) is 4.07. The molecular weight excluding hydrogens is 154 g/mol. The van der Waals surface area contributed by atoms with Gasteiger partial charge in [0.1, 0.15) is 0 Å². The first-order chi connectivity index (χ1) is 5.77. The molecule has 1 heterocycles. The number of H-pyrrole nitrogens is 1. The number of hydrogen-bond donors (Lipinski definition) is 2. The smallest absolute Gasteiger partial charge is 0.290 e. The number of anilines is 1. The fourth-order valence-electron chi connectivity index (χ4n) is 1.15. The van der Waals surface area contributed by atoms with E-state index in [2.05, 4.69) is 22.2 Å². The Hall–Kier alpha value is -1.32. The summed E-state index contributed by atoms with van der Waals surface area (Å²) < 4.78 is 0. The van der Waals surface area contributed by atoms with Crippen molar-refractivity contribution >= 4 is 5.82 Å². The maximum Gasteiger partial charge on any atom is 0.290 e. The topological polar surface area (TPSA) is 57.8 Å². The lowest BCUT2D eigenvalue weighted by molar-refractivity contribution is 0.918. The average molecular weight is 165 g/mol. The van der Waals surface area contributed by atoms with E-state index in [0.29, 0.717) is 17.8 Å². The van der Waals surface area contributed by atoms with Crippen molar-refractivity contribution in [3.05, 3.63) is 22.7 Å². The van der Waals surface area contributed by atoms with E-state index in [1.807, 2.05) is 0 Å². The fourth-order valence-corrected chi connectivity index (χ4v) is 1.15. The zero-order valence-electron chi connectivity index (χ0n) is 6.87. The Morgan fingerprint density at radius 1 is 1.75 bits per heavy atom. The van der Waals surface area contributed by atoms with E-state index in [9.17, 15) is 4.79 Å². The third-order valence-electron chi connectivity index (χ3n) is 2.14. The van der Waals surface area contributed by atoms with E-state index in [1.54, 1.807) is 6.20 Å². The molecule has 2 rings (SSSR count). The highest BCUT2D eigenvalue weighted by Gasteiger charge is 2.33. The van der Waals surface area contributed by atoms with Gasteiger partial charge in [0.05, 0.1) is 0 Å². The lowest BCUT2D eigenvalue weighted by Crippen LogP contribution is -2.17. The highest BCUT2D eigenvalue weighted by atomic mass is 16.1. The normalized spacial score (nSPS) is 26.8. The van der Waals surface area contributed by atoms with Crippen LogP contribution in [0.25, 0.3) is 0 Å². The summed E-state index contributed by atoms with van der Waals surface area (Å²) in [4.78, 5) is 17.6. The Bertz CT molecular complexity index is 333. The Balaban J connectivity index is 2.13. The molecule has 1 aromatic rings. The van der Waals surface area contributed by atoms with E-state index in [0.717, 1.165) is 6.42 Å². The van der Waals surface area contributed by atoms with E-state index in [1.165, 1.54) is 6.20 Å². The van der Waals surface area contributed by atoms with Crippen LogP contribution in [0.2, 0.25) is 0 Å². The van der Waals surface area contributed by atoms with Crippen LogP contribution in [0.1, 0.15) is 13.3 Å². The van der Waals surface area contributed by atoms with Crippen molar-refractivity contribution in [2.75, 3.05) is 5.32 Å². The maximum atomic E-state index is 11.1. The lowest BCUT2D eigenvalue weighted by Gasteiger charge is -2.00. The number of hydrogen-bond acceptors (Lipinski definition) is 3. The SMILES string of the molecule is C[C@@H]1C[C@H]1Nc1ncc[nH]c1=O. The summed E-state index contributed by atoms with van der Waals surface area (Å²) in [5.41, 5.74) is -0.142. The molecule has 0 aromatic carbocycles. The van der Waals surface area contributed by atoms with Gasteiger partial charge in [-0.2, -0.15) is 0 Å². The summed E-state index contributed by atoms with van der Waals surface area (Å²) in [6, 6.07) is 0.445. The summed E-state index contributed by atoms with van der Waals surface area (Å²) in [5, 5.41) is 3.08. The second-order valence-corrected chi connectivity index (χ2v) is 3.23. The summed E-state index contributed by atoms with van der Waals surface area (Å²) >= 11 is 0. The number of nitrogens with one attached hydrogen (secondary N) is 2. The van der Waals surface area contributed by atoms with Crippen LogP contribution in [-0.4, -0.2) is 16.0 Å². The van der Waals surface area contributed by atoms with Gasteiger partial charge in [0.15, 0.2) is 5.82 Å². The molecule has 1 fully saturated rings. The van der Waals surface area contributed by atoms with Crippen molar-refractivity contribution in [1.82, 2.24) is 9.97 Å². The summed E-state index contributed by atoms with van der Waals surface area (Å²) in [7, 11) is 0. The van der Waals surface area contributed by atoms with Gasteiger partial charge in [-0.05, 0) is 12.3 Å². The van der Waals surface area contributed by atoms with Crippen molar-refractivity contribution in [3.63, 3.8) is 0 Å². The molecule has 1 aliphatic rings. The van der Waals surface area contributed by atoms with Crippen LogP contribution in [0.4, 0.5) is 5.82 Å². The van der Waals surface area contributed by atoms with Gasteiger partial charge in [0.2, 0.25) is 0 Å². The highest BCUT2D eigenvalue weighted by molar-refractivity contribution is 5.34. The van der Waals surface area contributed by atoms with Crippen LogP contribution in [-0.2, 0) is 0 Å². The molecule has 12 heavy (non-hydrogen) atoms. The number of aromatic amines is 1. The van der Waals surface area contributed by atoms with Crippen LogP contribution in [0.3, 0.4) is 0 Å². The number of rotatable bonds is 2. The Kier molecular flexibility index (Phi) is 1.60. The number of aromatic nitrogens is 2. The molecule has 0 spiro atoms. The molecule has 1 aromatic heterocycles. The first kappa shape index (κ1) is 7.34. The number of nitrogens with zero attached hydrogens (tertiary/aromatic N) is 1. The predicted molar refractivity (Wildman–Crippen MR) is 46.0 cm³/mol. The minimum absolute atomic E-state index is 0.142. The molecule has 64 valence electrons. The fraction of sp³-hybridized carbons (Fsp3) is 0.500. The van der Waals surface area contributed by atoms with Crippen molar-refractivity contribution < 1.29 is 0 Å².